The highest BCUT2D eigenvalue weighted by Gasteiger charge is 2.36. The molecular weight excluding hydrogens is 383 g/mol. The third-order valence-electron chi connectivity index (χ3n) is 5.12. The summed E-state index contributed by atoms with van der Waals surface area (Å²) in [6, 6.07) is 13.2. The first kappa shape index (κ1) is 19.8. The second-order valence-electron chi connectivity index (χ2n) is 6.93. The Bertz CT molecular complexity index is 841. The van der Waals surface area contributed by atoms with Gasteiger partial charge in [0.1, 0.15) is 5.78 Å². The minimum Gasteiger partial charge on any atom is -0.299 e. The Labute approximate surface area is 168 Å². The van der Waals surface area contributed by atoms with Gasteiger partial charge in [-0.15, -0.1) is 0 Å². The molecule has 0 aromatic heterocycles. The SMILES string of the molecule is O=C(CC(C(=O)c1ccc(Cl)cc1)C1CCCCC1=O)c1ccc(Cl)cc1. The van der Waals surface area contributed by atoms with Gasteiger partial charge in [-0.05, 0) is 61.4 Å². The van der Waals surface area contributed by atoms with E-state index in [0.717, 1.165) is 12.8 Å². The fraction of sp³-hybridized carbons (Fsp3) is 0.318. The molecule has 1 aliphatic carbocycles. The Balaban J connectivity index is 1.88. The minimum atomic E-state index is -0.651. The van der Waals surface area contributed by atoms with Crippen LogP contribution in [0.25, 0.3) is 0 Å². The molecular formula is C22H20Cl2O3. The van der Waals surface area contributed by atoms with Gasteiger partial charge in [-0.3, -0.25) is 14.4 Å². The van der Waals surface area contributed by atoms with E-state index in [1.165, 1.54) is 0 Å². The van der Waals surface area contributed by atoms with E-state index < -0.39 is 11.8 Å². The molecule has 140 valence electrons. The normalized spacial score (nSPS) is 18.1. The summed E-state index contributed by atoms with van der Waals surface area (Å²) in [6.45, 7) is 0. The van der Waals surface area contributed by atoms with Gasteiger partial charge >= 0.3 is 0 Å². The Morgan fingerprint density at radius 1 is 0.889 bits per heavy atom. The molecule has 0 saturated heterocycles. The average molecular weight is 403 g/mol. The average Bonchev–Trinajstić information content (AvgIpc) is 2.67. The van der Waals surface area contributed by atoms with Gasteiger partial charge in [-0.2, -0.15) is 0 Å². The highest BCUT2D eigenvalue weighted by molar-refractivity contribution is 6.31. The molecule has 0 N–H and O–H groups in total. The molecule has 0 spiro atoms. The van der Waals surface area contributed by atoms with Crippen molar-refractivity contribution in [1.82, 2.24) is 0 Å². The standard InChI is InChI=1S/C22H20Cl2O3/c23-16-9-5-14(6-10-16)21(26)13-19(18-3-1-2-4-20(18)25)22(27)15-7-11-17(24)12-8-15/h5-12,18-19H,1-4,13H2. The van der Waals surface area contributed by atoms with E-state index in [2.05, 4.69) is 0 Å². The first-order valence-electron chi connectivity index (χ1n) is 9.07. The van der Waals surface area contributed by atoms with Crippen LogP contribution in [0.3, 0.4) is 0 Å². The molecule has 3 nitrogen and oxygen atoms in total. The second kappa shape index (κ2) is 8.81. The zero-order chi connectivity index (χ0) is 19.4. The topological polar surface area (TPSA) is 51.2 Å². The third kappa shape index (κ3) is 4.85. The third-order valence-corrected chi connectivity index (χ3v) is 5.63. The van der Waals surface area contributed by atoms with E-state index in [-0.39, 0.29) is 23.8 Å². The summed E-state index contributed by atoms with van der Waals surface area (Å²) in [6.07, 6.45) is 2.89. The molecule has 2 aromatic rings. The van der Waals surface area contributed by atoms with Gasteiger partial charge < -0.3 is 0 Å². The van der Waals surface area contributed by atoms with E-state index in [1.54, 1.807) is 48.5 Å². The van der Waals surface area contributed by atoms with Gasteiger partial charge in [0.2, 0.25) is 0 Å². The summed E-state index contributed by atoms with van der Waals surface area (Å²) in [5, 5.41) is 1.08. The maximum Gasteiger partial charge on any atom is 0.167 e. The maximum absolute atomic E-state index is 13.2. The maximum atomic E-state index is 13.2. The number of hydrogen-bond acceptors (Lipinski definition) is 3. The predicted octanol–water partition coefficient (Wildman–Crippen LogP) is 5.82. The molecule has 27 heavy (non-hydrogen) atoms. The highest BCUT2D eigenvalue weighted by atomic mass is 35.5. The number of Topliss-reactive ketones (excluding diaryl/α,β-unsaturated/α-hetero) is 3. The molecule has 0 aliphatic heterocycles. The van der Waals surface area contributed by atoms with Gasteiger partial charge in [0, 0.05) is 45.8 Å². The lowest BCUT2D eigenvalue weighted by atomic mass is 9.73. The van der Waals surface area contributed by atoms with Crippen LogP contribution in [0.1, 0.15) is 52.8 Å². The molecule has 5 heteroatoms. The number of halogens is 2. The summed E-state index contributed by atoms with van der Waals surface area (Å²) in [5.74, 6) is -1.30. The van der Waals surface area contributed by atoms with Crippen molar-refractivity contribution in [1.29, 1.82) is 0 Å². The lowest BCUT2D eigenvalue weighted by Gasteiger charge is -2.28. The smallest absolute Gasteiger partial charge is 0.167 e. The molecule has 0 heterocycles. The van der Waals surface area contributed by atoms with E-state index in [0.29, 0.717) is 34.0 Å². The van der Waals surface area contributed by atoms with Crippen LogP contribution in [0.4, 0.5) is 0 Å². The van der Waals surface area contributed by atoms with Crippen LogP contribution in [-0.2, 0) is 4.79 Å². The van der Waals surface area contributed by atoms with Crippen molar-refractivity contribution >= 4 is 40.6 Å². The van der Waals surface area contributed by atoms with Crippen molar-refractivity contribution in [2.24, 2.45) is 11.8 Å². The van der Waals surface area contributed by atoms with Gasteiger partial charge in [0.15, 0.2) is 11.6 Å². The van der Waals surface area contributed by atoms with E-state index >= 15 is 0 Å². The first-order valence-corrected chi connectivity index (χ1v) is 9.82. The molecule has 3 rings (SSSR count). The molecule has 0 radical (unpaired) electrons. The molecule has 0 bridgehead atoms. The predicted molar refractivity (Wildman–Crippen MR) is 107 cm³/mol. The zero-order valence-corrected chi connectivity index (χ0v) is 16.3. The summed E-state index contributed by atoms with van der Waals surface area (Å²) < 4.78 is 0. The van der Waals surface area contributed by atoms with Crippen molar-refractivity contribution in [3.8, 4) is 0 Å². The number of rotatable bonds is 6. The number of hydrogen-bond donors (Lipinski definition) is 0. The van der Waals surface area contributed by atoms with Crippen molar-refractivity contribution in [2.75, 3.05) is 0 Å². The van der Waals surface area contributed by atoms with Gasteiger partial charge in [-0.25, -0.2) is 0 Å². The van der Waals surface area contributed by atoms with Crippen molar-refractivity contribution < 1.29 is 14.4 Å². The monoisotopic (exact) mass is 402 g/mol. The van der Waals surface area contributed by atoms with Crippen LogP contribution in [0.5, 0.6) is 0 Å². The molecule has 1 saturated carbocycles. The van der Waals surface area contributed by atoms with E-state index in [9.17, 15) is 14.4 Å². The summed E-state index contributed by atoms with van der Waals surface area (Å²) >= 11 is 11.8. The quantitative estimate of drug-likeness (QED) is 0.571. The number of carbonyl (C=O) groups excluding carboxylic acids is 3. The van der Waals surface area contributed by atoms with Crippen molar-refractivity contribution in [3.05, 3.63) is 69.7 Å². The summed E-state index contributed by atoms with van der Waals surface area (Å²) in [7, 11) is 0. The Morgan fingerprint density at radius 3 is 2.00 bits per heavy atom. The molecule has 2 unspecified atom stereocenters. The number of ketones is 3. The van der Waals surface area contributed by atoms with Gasteiger partial charge in [0.05, 0.1) is 0 Å². The lowest BCUT2D eigenvalue weighted by Crippen LogP contribution is -2.34. The molecule has 1 fully saturated rings. The van der Waals surface area contributed by atoms with Crippen molar-refractivity contribution in [3.63, 3.8) is 0 Å². The van der Waals surface area contributed by atoms with Crippen LogP contribution < -0.4 is 0 Å². The summed E-state index contributed by atoms with van der Waals surface area (Å²) in [4.78, 5) is 38.4. The Morgan fingerprint density at radius 2 is 1.44 bits per heavy atom. The van der Waals surface area contributed by atoms with Crippen molar-refractivity contribution in [2.45, 2.75) is 32.1 Å². The molecule has 2 aromatic carbocycles. The van der Waals surface area contributed by atoms with E-state index in [1.807, 2.05) is 0 Å². The van der Waals surface area contributed by atoms with E-state index in [4.69, 9.17) is 23.2 Å². The van der Waals surface area contributed by atoms with Crippen LogP contribution in [0.2, 0.25) is 10.0 Å². The Kier molecular flexibility index (Phi) is 6.46. The number of benzene rings is 2. The minimum absolute atomic E-state index is 0.0134. The highest BCUT2D eigenvalue weighted by Crippen LogP contribution is 2.33. The fourth-order valence-corrected chi connectivity index (χ4v) is 3.89. The second-order valence-corrected chi connectivity index (χ2v) is 7.80. The van der Waals surface area contributed by atoms with Crippen LogP contribution in [0, 0.1) is 11.8 Å². The fourth-order valence-electron chi connectivity index (χ4n) is 3.63. The number of carbonyl (C=O) groups is 3. The molecule has 2 atom stereocenters. The zero-order valence-electron chi connectivity index (χ0n) is 14.8. The van der Waals surface area contributed by atoms with Gasteiger partial charge in [0.25, 0.3) is 0 Å². The Hall–Kier alpha value is -1.97. The summed E-state index contributed by atoms with van der Waals surface area (Å²) in [5.41, 5.74) is 0.975. The van der Waals surface area contributed by atoms with Crippen LogP contribution in [0.15, 0.2) is 48.5 Å². The largest absolute Gasteiger partial charge is 0.299 e. The van der Waals surface area contributed by atoms with Crippen LogP contribution >= 0.6 is 23.2 Å². The van der Waals surface area contributed by atoms with Crippen LogP contribution in [-0.4, -0.2) is 17.3 Å². The first-order chi connectivity index (χ1) is 13.0. The van der Waals surface area contributed by atoms with Gasteiger partial charge in [-0.1, -0.05) is 29.6 Å². The molecule has 0 amide bonds. The lowest BCUT2D eigenvalue weighted by molar-refractivity contribution is -0.125. The molecule has 1 aliphatic rings.